The first-order chi connectivity index (χ1) is 6.87. The standard InChI is InChI=1S/C11H17NO2S/c1-8(2)15(13,14)11-7-5-4-6-10(11)9(3)12/h4-9H,12H2,1-3H3. The van der Waals surface area contributed by atoms with Crippen LogP contribution in [0.15, 0.2) is 29.2 Å². The third kappa shape index (κ3) is 2.38. The molecule has 2 N–H and O–H groups in total. The molecular formula is C11H17NO2S. The van der Waals surface area contributed by atoms with Crippen molar-refractivity contribution in [3.05, 3.63) is 29.8 Å². The van der Waals surface area contributed by atoms with Crippen LogP contribution in [0.25, 0.3) is 0 Å². The van der Waals surface area contributed by atoms with Crippen molar-refractivity contribution in [1.29, 1.82) is 0 Å². The molecule has 1 atom stereocenters. The second-order valence-corrected chi connectivity index (χ2v) is 6.39. The zero-order valence-corrected chi connectivity index (χ0v) is 10.1. The minimum atomic E-state index is -3.23. The molecule has 1 unspecified atom stereocenters. The number of hydrogen-bond acceptors (Lipinski definition) is 3. The molecule has 4 heteroatoms. The number of rotatable bonds is 3. The molecule has 0 saturated carbocycles. The van der Waals surface area contributed by atoms with Crippen LogP contribution in [0.5, 0.6) is 0 Å². The van der Waals surface area contributed by atoms with Gasteiger partial charge in [0.05, 0.1) is 10.1 Å². The smallest absolute Gasteiger partial charge is 0.181 e. The zero-order valence-electron chi connectivity index (χ0n) is 9.27. The average molecular weight is 227 g/mol. The van der Waals surface area contributed by atoms with Crippen LogP contribution in [0.2, 0.25) is 0 Å². The summed E-state index contributed by atoms with van der Waals surface area (Å²) in [6, 6.07) is 6.64. The molecule has 0 aromatic heterocycles. The zero-order chi connectivity index (χ0) is 11.6. The van der Waals surface area contributed by atoms with Gasteiger partial charge in [-0.25, -0.2) is 8.42 Å². The third-order valence-electron chi connectivity index (χ3n) is 2.34. The first-order valence-electron chi connectivity index (χ1n) is 4.95. The Balaban J connectivity index is 3.38. The fourth-order valence-electron chi connectivity index (χ4n) is 1.37. The summed E-state index contributed by atoms with van der Waals surface area (Å²) in [5.41, 5.74) is 6.43. The molecule has 1 aromatic rings. The Hall–Kier alpha value is -0.870. The fraction of sp³-hybridized carbons (Fsp3) is 0.455. The van der Waals surface area contributed by atoms with E-state index in [1.165, 1.54) is 0 Å². The summed E-state index contributed by atoms with van der Waals surface area (Å²) in [6.45, 7) is 5.13. The summed E-state index contributed by atoms with van der Waals surface area (Å²) in [5.74, 6) is 0. The molecule has 3 nitrogen and oxygen atoms in total. The topological polar surface area (TPSA) is 60.2 Å². The first-order valence-corrected chi connectivity index (χ1v) is 6.50. The van der Waals surface area contributed by atoms with Gasteiger partial charge >= 0.3 is 0 Å². The minimum absolute atomic E-state index is 0.269. The number of benzene rings is 1. The fourth-order valence-corrected chi connectivity index (χ4v) is 2.73. The molecule has 0 aliphatic rings. The van der Waals surface area contributed by atoms with Crippen molar-refractivity contribution in [2.24, 2.45) is 5.73 Å². The molecule has 0 bridgehead atoms. The van der Waals surface area contributed by atoms with E-state index in [2.05, 4.69) is 0 Å². The molecule has 0 spiro atoms. The van der Waals surface area contributed by atoms with Crippen molar-refractivity contribution < 1.29 is 8.42 Å². The molecule has 84 valence electrons. The Morgan fingerprint density at radius 1 is 1.13 bits per heavy atom. The molecule has 0 fully saturated rings. The number of hydrogen-bond donors (Lipinski definition) is 1. The van der Waals surface area contributed by atoms with Crippen molar-refractivity contribution in [2.45, 2.75) is 37.0 Å². The number of nitrogens with two attached hydrogens (primary N) is 1. The van der Waals surface area contributed by atoms with Gasteiger partial charge in [0.1, 0.15) is 0 Å². The van der Waals surface area contributed by atoms with Gasteiger partial charge in [-0.15, -0.1) is 0 Å². The summed E-state index contributed by atoms with van der Waals surface area (Å²) in [5, 5.41) is -0.419. The molecule has 15 heavy (non-hydrogen) atoms. The summed E-state index contributed by atoms with van der Waals surface area (Å²) in [4.78, 5) is 0.356. The van der Waals surface area contributed by atoms with Crippen LogP contribution >= 0.6 is 0 Å². The van der Waals surface area contributed by atoms with Gasteiger partial charge in [0.25, 0.3) is 0 Å². The third-order valence-corrected chi connectivity index (χ3v) is 4.56. The highest BCUT2D eigenvalue weighted by Crippen LogP contribution is 2.24. The van der Waals surface area contributed by atoms with Crippen LogP contribution in [0.1, 0.15) is 32.4 Å². The Bertz CT molecular complexity index is 436. The molecule has 0 amide bonds. The molecule has 0 heterocycles. The van der Waals surface area contributed by atoms with Crippen molar-refractivity contribution in [3.8, 4) is 0 Å². The van der Waals surface area contributed by atoms with Crippen LogP contribution in [0, 0.1) is 0 Å². The van der Waals surface area contributed by atoms with E-state index in [4.69, 9.17) is 5.73 Å². The van der Waals surface area contributed by atoms with Crippen LogP contribution in [0.4, 0.5) is 0 Å². The summed E-state index contributed by atoms with van der Waals surface area (Å²) >= 11 is 0. The minimum Gasteiger partial charge on any atom is -0.324 e. The van der Waals surface area contributed by atoms with E-state index in [1.807, 2.05) is 0 Å². The second kappa shape index (κ2) is 4.33. The Morgan fingerprint density at radius 3 is 2.13 bits per heavy atom. The predicted octanol–water partition coefficient (Wildman–Crippen LogP) is 1.89. The summed E-state index contributed by atoms with van der Waals surface area (Å²) < 4.78 is 24.0. The van der Waals surface area contributed by atoms with Gasteiger partial charge in [-0.05, 0) is 32.4 Å². The van der Waals surface area contributed by atoms with Gasteiger partial charge < -0.3 is 5.73 Å². The number of sulfone groups is 1. The van der Waals surface area contributed by atoms with Gasteiger partial charge in [-0.3, -0.25) is 0 Å². The lowest BCUT2D eigenvalue weighted by Gasteiger charge is -2.14. The Kier molecular flexibility index (Phi) is 3.52. The molecule has 1 aromatic carbocycles. The highest BCUT2D eigenvalue weighted by atomic mass is 32.2. The van der Waals surface area contributed by atoms with E-state index >= 15 is 0 Å². The lowest BCUT2D eigenvalue weighted by Crippen LogP contribution is -2.18. The monoisotopic (exact) mass is 227 g/mol. The van der Waals surface area contributed by atoms with E-state index in [1.54, 1.807) is 45.0 Å². The van der Waals surface area contributed by atoms with Gasteiger partial charge in [-0.1, -0.05) is 18.2 Å². The molecule has 0 saturated heterocycles. The van der Waals surface area contributed by atoms with Gasteiger partial charge in [0, 0.05) is 6.04 Å². The van der Waals surface area contributed by atoms with Crippen molar-refractivity contribution >= 4 is 9.84 Å². The van der Waals surface area contributed by atoms with Crippen LogP contribution in [0.3, 0.4) is 0 Å². The lowest BCUT2D eigenvalue weighted by molar-refractivity contribution is 0.584. The van der Waals surface area contributed by atoms with Crippen LogP contribution in [-0.2, 0) is 9.84 Å². The SMILES string of the molecule is CC(N)c1ccccc1S(=O)(=O)C(C)C. The maximum Gasteiger partial charge on any atom is 0.181 e. The van der Waals surface area contributed by atoms with Gasteiger partial charge in [0.15, 0.2) is 9.84 Å². The highest BCUT2D eigenvalue weighted by molar-refractivity contribution is 7.92. The van der Waals surface area contributed by atoms with Crippen LogP contribution in [-0.4, -0.2) is 13.7 Å². The summed E-state index contributed by atoms with van der Waals surface area (Å²) in [6.07, 6.45) is 0. The Morgan fingerprint density at radius 2 is 1.67 bits per heavy atom. The van der Waals surface area contributed by atoms with Gasteiger partial charge in [-0.2, -0.15) is 0 Å². The largest absolute Gasteiger partial charge is 0.324 e. The van der Waals surface area contributed by atoms with E-state index in [-0.39, 0.29) is 6.04 Å². The summed E-state index contributed by atoms with van der Waals surface area (Å²) in [7, 11) is -3.23. The van der Waals surface area contributed by atoms with Crippen molar-refractivity contribution in [3.63, 3.8) is 0 Å². The maximum atomic E-state index is 12.0. The Labute approximate surface area is 91.2 Å². The van der Waals surface area contributed by atoms with Crippen molar-refractivity contribution in [1.82, 2.24) is 0 Å². The maximum absolute atomic E-state index is 12.0. The van der Waals surface area contributed by atoms with E-state index in [0.717, 1.165) is 0 Å². The molecule has 0 radical (unpaired) electrons. The molecule has 0 aliphatic carbocycles. The van der Waals surface area contributed by atoms with Gasteiger partial charge in [0.2, 0.25) is 0 Å². The highest BCUT2D eigenvalue weighted by Gasteiger charge is 2.23. The van der Waals surface area contributed by atoms with Crippen molar-refractivity contribution in [2.75, 3.05) is 0 Å². The first kappa shape index (κ1) is 12.2. The second-order valence-electron chi connectivity index (χ2n) is 3.92. The molecule has 1 rings (SSSR count). The van der Waals surface area contributed by atoms with Crippen LogP contribution < -0.4 is 5.73 Å². The van der Waals surface area contributed by atoms with E-state index < -0.39 is 15.1 Å². The molecule has 0 aliphatic heterocycles. The van der Waals surface area contributed by atoms with E-state index in [9.17, 15) is 8.42 Å². The lowest BCUT2D eigenvalue weighted by atomic mass is 10.1. The normalized spacial score (nSPS) is 14.2. The quantitative estimate of drug-likeness (QED) is 0.857. The van der Waals surface area contributed by atoms with E-state index in [0.29, 0.717) is 10.5 Å². The molecular weight excluding hydrogens is 210 g/mol. The average Bonchev–Trinajstić information content (AvgIpc) is 2.17. The predicted molar refractivity (Wildman–Crippen MR) is 61.4 cm³/mol.